The van der Waals surface area contributed by atoms with Gasteiger partial charge in [0.15, 0.2) is 11.5 Å². The van der Waals surface area contributed by atoms with Gasteiger partial charge in [0, 0.05) is 37.3 Å². The molecule has 1 amide bonds. The van der Waals surface area contributed by atoms with Crippen molar-refractivity contribution < 1.29 is 33.1 Å². The zero-order valence-electron chi connectivity index (χ0n) is 17.3. The highest BCUT2D eigenvalue weighted by molar-refractivity contribution is 5.93. The van der Waals surface area contributed by atoms with Gasteiger partial charge in [0.25, 0.3) is 5.91 Å². The number of aromatic nitrogens is 1. The molecule has 8 nitrogen and oxygen atoms in total. The molecule has 2 heterocycles. The highest BCUT2D eigenvalue weighted by atomic mass is 19.1. The largest absolute Gasteiger partial charge is 0.481 e. The van der Waals surface area contributed by atoms with Crippen molar-refractivity contribution in [2.75, 3.05) is 13.1 Å². The van der Waals surface area contributed by atoms with Crippen molar-refractivity contribution in [2.24, 2.45) is 5.92 Å². The lowest BCUT2D eigenvalue weighted by Crippen LogP contribution is -2.58. The molecule has 0 unspecified atom stereocenters. The number of halogens is 2. The molecule has 4 atom stereocenters. The second-order valence-corrected chi connectivity index (χ2v) is 8.43. The Morgan fingerprint density at radius 1 is 1.16 bits per heavy atom. The number of amides is 1. The number of rotatable bonds is 5. The van der Waals surface area contributed by atoms with Gasteiger partial charge in [-0.15, -0.1) is 0 Å². The van der Waals surface area contributed by atoms with Crippen LogP contribution in [0.15, 0.2) is 28.8 Å². The van der Waals surface area contributed by atoms with Crippen molar-refractivity contribution in [3.63, 3.8) is 0 Å². The number of likely N-dealkylation sites (tertiary alicyclic amines) is 1. The molecule has 3 N–H and O–H groups in total. The van der Waals surface area contributed by atoms with Crippen molar-refractivity contribution in [2.45, 2.75) is 50.3 Å². The van der Waals surface area contributed by atoms with E-state index in [0.717, 1.165) is 25.3 Å². The Kier molecular flexibility index (Phi) is 6.52. The minimum Gasteiger partial charge on any atom is -0.481 e. The highest BCUT2D eigenvalue weighted by Gasteiger charge is 2.40. The van der Waals surface area contributed by atoms with Crippen LogP contribution in [0.5, 0.6) is 0 Å². The molecule has 4 rings (SSSR count). The number of carbonyl (C=O) groups excluding carboxylic acids is 1. The van der Waals surface area contributed by atoms with Crippen molar-refractivity contribution >= 4 is 11.9 Å². The van der Waals surface area contributed by atoms with E-state index in [-0.39, 0.29) is 29.6 Å². The molecule has 1 saturated carbocycles. The molecular weight excluding hydrogens is 424 g/mol. The minimum atomic E-state index is -1.03. The summed E-state index contributed by atoms with van der Waals surface area (Å²) < 4.78 is 32.1. The molecular formula is C22H25F2N3O5. The fourth-order valence-corrected chi connectivity index (χ4v) is 4.66. The minimum absolute atomic E-state index is 0.0384. The van der Waals surface area contributed by atoms with E-state index in [9.17, 15) is 28.6 Å². The number of benzene rings is 1. The molecule has 2 aliphatic rings. The first-order valence-corrected chi connectivity index (χ1v) is 10.7. The number of nitrogens with zero attached hydrogens (tertiary/aromatic N) is 2. The first-order valence-electron chi connectivity index (χ1n) is 10.7. The third-order valence-corrected chi connectivity index (χ3v) is 6.38. The zero-order chi connectivity index (χ0) is 22.8. The summed E-state index contributed by atoms with van der Waals surface area (Å²) in [7, 11) is 0. The normalized spacial score (nSPS) is 26.6. The molecule has 10 heteroatoms. The second-order valence-electron chi connectivity index (χ2n) is 8.43. The molecule has 1 aliphatic carbocycles. The summed E-state index contributed by atoms with van der Waals surface area (Å²) in [6.45, 7) is 0.786. The number of nitrogens with one attached hydrogen (secondary N) is 1. The molecule has 2 aromatic rings. The van der Waals surface area contributed by atoms with Gasteiger partial charge >= 0.3 is 5.97 Å². The van der Waals surface area contributed by atoms with E-state index in [1.54, 1.807) is 0 Å². The van der Waals surface area contributed by atoms with Gasteiger partial charge in [0.05, 0.1) is 17.6 Å². The van der Waals surface area contributed by atoms with Gasteiger partial charge in [-0.1, -0.05) is 18.0 Å². The molecule has 0 bridgehead atoms. The first-order chi connectivity index (χ1) is 15.3. The molecule has 1 aromatic heterocycles. The second kappa shape index (κ2) is 9.33. The van der Waals surface area contributed by atoms with Gasteiger partial charge in [0.1, 0.15) is 11.6 Å². The number of aliphatic hydroxyl groups is 1. The monoisotopic (exact) mass is 449 g/mol. The highest BCUT2D eigenvalue weighted by Crippen LogP contribution is 2.29. The molecule has 1 saturated heterocycles. The summed E-state index contributed by atoms with van der Waals surface area (Å²) in [5.74, 6) is -4.14. The lowest BCUT2D eigenvalue weighted by Gasteiger charge is -2.43. The Morgan fingerprint density at radius 2 is 1.94 bits per heavy atom. The fraction of sp³-hybridized carbons (Fsp3) is 0.500. The van der Waals surface area contributed by atoms with Crippen molar-refractivity contribution in [3.8, 4) is 11.3 Å². The summed E-state index contributed by atoms with van der Waals surface area (Å²) in [6.07, 6.45) is 3.44. The lowest BCUT2D eigenvalue weighted by molar-refractivity contribution is -0.145. The zero-order valence-corrected chi connectivity index (χ0v) is 17.3. The fourth-order valence-electron chi connectivity index (χ4n) is 4.66. The topological polar surface area (TPSA) is 116 Å². The van der Waals surface area contributed by atoms with Crippen molar-refractivity contribution in [3.05, 3.63) is 41.6 Å². The van der Waals surface area contributed by atoms with Gasteiger partial charge in [-0.3, -0.25) is 14.5 Å². The number of aliphatic hydroxyl groups excluding tert-OH is 1. The van der Waals surface area contributed by atoms with E-state index in [4.69, 9.17) is 4.52 Å². The van der Waals surface area contributed by atoms with E-state index < -0.39 is 41.6 Å². The van der Waals surface area contributed by atoms with Gasteiger partial charge in [-0.25, -0.2) is 8.78 Å². The van der Waals surface area contributed by atoms with Crippen LogP contribution >= 0.6 is 0 Å². The third kappa shape index (κ3) is 4.66. The molecule has 1 aliphatic heterocycles. The Balaban J connectivity index is 1.43. The van der Waals surface area contributed by atoms with E-state index >= 15 is 0 Å². The maximum absolute atomic E-state index is 14.0. The number of aliphatic carboxylic acids is 1. The van der Waals surface area contributed by atoms with Crippen LogP contribution in [0.3, 0.4) is 0 Å². The predicted octanol–water partition coefficient (Wildman–Crippen LogP) is 2.43. The molecule has 172 valence electrons. The summed E-state index contributed by atoms with van der Waals surface area (Å²) in [4.78, 5) is 26.6. The van der Waals surface area contributed by atoms with Crippen LogP contribution in [-0.2, 0) is 4.79 Å². The van der Waals surface area contributed by atoms with Crippen LogP contribution in [0.1, 0.15) is 42.6 Å². The van der Waals surface area contributed by atoms with Crippen LogP contribution in [0, 0.1) is 17.6 Å². The molecule has 0 radical (unpaired) electrons. The maximum atomic E-state index is 14.0. The maximum Gasteiger partial charge on any atom is 0.309 e. The standard InChI is InChI=1S/C22H25F2N3O5/c23-12-5-6-13(15(24)9-12)20-10-17(26-32-20)21(29)25-16-7-8-27(11-14(16)22(30)31)18-3-1-2-4-19(18)28/h5-6,9-10,14,16,18-19,28H,1-4,7-8,11H2,(H,25,29)(H,30,31)/t14-,16-,18+,19-/m0/s1. The van der Waals surface area contributed by atoms with E-state index in [1.807, 2.05) is 4.90 Å². The Hall–Kier alpha value is -2.85. The molecule has 32 heavy (non-hydrogen) atoms. The number of carboxylic acid groups (broad SMARTS) is 1. The van der Waals surface area contributed by atoms with Gasteiger partial charge in [-0.05, 0) is 31.4 Å². The van der Waals surface area contributed by atoms with Crippen LogP contribution < -0.4 is 5.32 Å². The van der Waals surface area contributed by atoms with Crippen LogP contribution in [0.2, 0.25) is 0 Å². The Morgan fingerprint density at radius 3 is 2.66 bits per heavy atom. The third-order valence-electron chi connectivity index (χ3n) is 6.38. The first kappa shape index (κ1) is 22.3. The molecule has 2 fully saturated rings. The van der Waals surface area contributed by atoms with E-state index in [2.05, 4.69) is 10.5 Å². The average Bonchev–Trinajstić information content (AvgIpc) is 3.24. The predicted molar refractivity (Wildman–Crippen MR) is 109 cm³/mol. The summed E-state index contributed by atoms with van der Waals surface area (Å²) in [6, 6.07) is 3.49. The quantitative estimate of drug-likeness (QED) is 0.642. The van der Waals surface area contributed by atoms with Gasteiger partial charge < -0.3 is 20.1 Å². The van der Waals surface area contributed by atoms with Crippen LogP contribution in [-0.4, -0.2) is 63.4 Å². The summed E-state index contributed by atoms with van der Waals surface area (Å²) >= 11 is 0. The average molecular weight is 449 g/mol. The molecule has 1 aromatic carbocycles. The van der Waals surface area contributed by atoms with E-state index in [1.165, 1.54) is 12.1 Å². The van der Waals surface area contributed by atoms with Gasteiger partial charge in [-0.2, -0.15) is 0 Å². The van der Waals surface area contributed by atoms with E-state index in [0.29, 0.717) is 25.5 Å². The number of carboxylic acids is 1. The SMILES string of the molecule is O=C(N[C@H]1CCN([C@@H]2CCCC[C@@H]2O)C[C@@H]1C(=O)O)c1cc(-c2ccc(F)cc2F)on1. The number of piperidine rings is 1. The van der Waals surface area contributed by atoms with Crippen LogP contribution in [0.25, 0.3) is 11.3 Å². The Labute approximate surface area is 183 Å². The van der Waals surface area contributed by atoms with Crippen molar-refractivity contribution in [1.82, 2.24) is 15.4 Å². The number of hydrogen-bond acceptors (Lipinski definition) is 6. The smallest absolute Gasteiger partial charge is 0.309 e. The Bertz CT molecular complexity index is 998. The lowest BCUT2D eigenvalue weighted by atomic mass is 9.86. The van der Waals surface area contributed by atoms with Crippen LogP contribution in [0.4, 0.5) is 8.78 Å². The van der Waals surface area contributed by atoms with Crippen molar-refractivity contribution in [1.29, 1.82) is 0 Å². The summed E-state index contributed by atoms with van der Waals surface area (Å²) in [5.41, 5.74) is -0.168. The summed E-state index contributed by atoms with van der Waals surface area (Å²) in [5, 5.41) is 26.4. The molecule has 0 spiro atoms. The number of hydrogen-bond donors (Lipinski definition) is 3. The number of carbonyl (C=O) groups is 2. The van der Waals surface area contributed by atoms with Gasteiger partial charge in [0.2, 0.25) is 0 Å².